The van der Waals surface area contributed by atoms with E-state index in [9.17, 15) is 9.59 Å². The molecular weight excluding hydrogens is 473 g/mol. The number of nitrogens with zero attached hydrogens (tertiary/aromatic N) is 1. The summed E-state index contributed by atoms with van der Waals surface area (Å²) >= 11 is 2.24. The Morgan fingerprint density at radius 3 is 2.50 bits per heavy atom. The number of carbonyl (C=O) groups is 2. The predicted octanol–water partition coefficient (Wildman–Crippen LogP) is 3.37. The van der Waals surface area contributed by atoms with Crippen LogP contribution in [0.15, 0.2) is 48.0 Å². The molecule has 0 unspecified atom stereocenters. The van der Waals surface area contributed by atoms with Gasteiger partial charge in [0.05, 0.1) is 6.61 Å². The SMILES string of the molecule is CCOc1cc(/C=C(/C#N)C(=O)NC(N)=O)ccc1OCc1ccc(I)cc1. The maximum atomic E-state index is 11.8. The fourth-order valence-electron chi connectivity index (χ4n) is 2.24. The predicted molar refractivity (Wildman–Crippen MR) is 112 cm³/mol. The summed E-state index contributed by atoms with van der Waals surface area (Å²) in [6.07, 6.45) is 1.34. The van der Waals surface area contributed by atoms with Crippen molar-refractivity contribution < 1.29 is 19.1 Å². The summed E-state index contributed by atoms with van der Waals surface area (Å²) in [5.41, 5.74) is 6.21. The van der Waals surface area contributed by atoms with Gasteiger partial charge in [-0.15, -0.1) is 0 Å². The summed E-state index contributed by atoms with van der Waals surface area (Å²) in [4.78, 5) is 22.6. The van der Waals surface area contributed by atoms with E-state index in [4.69, 9.17) is 20.5 Å². The normalized spacial score (nSPS) is 10.7. The highest BCUT2D eigenvalue weighted by molar-refractivity contribution is 14.1. The third-order valence-corrected chi connectivity index (χ3v) is 4.21. The average Bonchev–Trinajstić information content (AvgIpc) is 2.66. The molecule has 0 aliphatic heterocycles. The van der Waals surface area contributed by atoms with Crippen molar-refractivity contribution in [2.75, 3.05) is 6.61 Å². The third kappa shape index (κ3) is 6.28. The number of primary amides is 1. The monoisotopic (exact) mass is 491 g/mol. The molecule has 8 heteroatoms. The van der Waals surface area contributed by atoms with Gasteiger partial charge in [-0.25, -0.2) is 4.79 Å². The number of nitriles is 1. The van der Waals surface area contributed by atoms with Crippen molar-refractivity contribution in [2.45, 2.75) is 13.5 Å². The summed E-state index contributed by atoms with van der Waals surface area (Å²) in [5, 5.41) is 11.0. The maximum Gasteiger partial charge on any atom is 0.319 e. The minimum absolute atomic E-state index is 0.256. The second-order valence-corrected chi connectivity index (χ2v) is 6.79. The molecule has 3 N–H and O–H groups in total. The van der Waals surface area contributed by atoms with Gasteiger partial charge in [0.2, 0.25) is 0 Å². The number of carbonyl (C=O) groups excluding carboxylic acids is 2. The molecule has 0 fully saturated rings. The van der Waals surface area contributed by atoms with Crippen LogP contribution >= 0.6 is 22.6 Å². The molecule has 0 saturated heterocycles. The summed E-state index contributed by atoms with van der Waals surface area (Å²) in [6, 6.07) is 13.7. The molecule has 2 aromatic rings. The number of benzene rings is 2. The first-order valence-corrected chi connectivity index (χ1v) is 9.37. The molecule has 0 saturated carbocycles. The lowest BCUT2D eigenvalue weighted by Gasteiger charge is -2.13. The highest BCUT2D eigenvalue weighted by Crippen LogP contribution is 2.30. The first-order valence-electron chi connectivity index (χ1n) is 8.29. The number of nitrogens with one attached hydrogen (secondary N) is 1. The first kappa shape index (κ1) is 21.2. The van der Waals surface area contributed by atoms with Crippen molar-refractivity contribution in [3.8, 4) is 17.6 Å². The van der Waals surface area contributed by atoms with Crippen LogP contribution in [0.1, 0.15) is 18.1 Å². The first-order chi connectivity index (χ1) is 13.4. The zero-order chi connectivity index (χ0) is 20.5. The molecule has 2 rings (SSSR count). The molecule has 0 aliphatic carbocycles. The van der Waals surface area contributed by atoms with Crippen molar-refractivity contribution in [1.82, 2.24) is 5.32 Å². The van der Waals surface area contributed by atoms with Crippen LogP contribution in [-0.4, -0.2) is 18.5 Å². The van der Waals surface area contributed by atoms with Gasteiger partial charge < -0.3 is 15.2 Å². The van der Waals surface area contributed by atoms with Gasteiger partial charge in [-0.05, 0) is 71.0 Å². The molecule has 28 heavy (non-hydrogen) atoms. The van der Waals surface area contributed by atoms with Crippen LogP contribution < -0.4 is 20.5 Å². The number of halogens is 1. The Labute approximate surface area is 176 Å². The largest absolute Gasteiger partial charge is 0.490 e. The number of hydrogen-bond acceptors (Lipinski definition) is 5. The van der Waals surface area contributed by atoms with E-state index in [-0.39, 0.29) is 5.57 Å². The van der Waals surface area contributed by atoms with Gasteiger partial charge in [-0.3, -0.25) is 10.1 Å². The maximum absolute atomic E-state index is 11.8. The Morgan fingerprint density at radius 1 is 1.18 bits per heavy atom. The van der Waals surface area contributed by atoms with E-state index in [0.717, 1.165) is 9.13 Å². The van der Waals surface area contributed by atoms with E-state index in [1.54, 1.807) is 24.3 Å². The van der Waals surface area contributed by atoms with E-state index in [0.29, 0.717) is 30.3 Å². The number of imide groups is 1. The molecule has 0 aromatic heterocycles. The zero-order valence-corrected chi connectivity index (χ0v) is 17.2. The van der Waals surface area contributed by atoms with Crippen LogP contribution in [0.4, 0.5) is 4.79 Å². The molecule has 0 bridgehead atoms. The summed E-state index contributed by atoms with van der Waals surface area (Å²) in [5.74, 6) is 0.152. The zero-order valence-electron chi connectivity index (χ0n) is 15.1. The topological polar surface area (TPSA) is 114 Å². The van der Waals surface area contributed by atoms with Crippen molar-refractivity contribution in [2.24, 2.45) is 5.73 Å². The third-order valence-electron chi connectivity index (χ3n) is 3.49. The van der Waals surface area contributed by atoms with E-state index in [1.165, 1.54) is 6.08 Å². The van der Waals surface area contributed by atoms with Crippen LogP contribution in [0.2, 0.25) is 0 Å². The molecule has 7 nitrogen and oxygen atoms in total. The highest BCUT2D eigenvalue weighted by Gasteiger charge is 2.12. The van der Waals surface area contributed by atoms with Crippen LogP contribution in [-0.2, 0) is 11.4 Å². The molecule has 0 atom stereocenters. The van der Waals surface area contributed by atoms with Crippen molar-refractivity contribution in [3.05, 3.63) is 62.7 Å². The Kier molecular flexibility index (Phi) is 7.83. The second-order valence-electron chi connectivity index (χ2n) is 5.54. The molecule has 0 spiro atoms. The number of nitrogens with two attached hydrogens (primary N) is 1. The molecule has 2 aromatic carbocycles. The minimum Gasteiger partial charge on any atom is -0.490 e. The second kappa shape index (κ2) is 10.3. The van der Waals surface area contributed by atoms with Gasteiger partial charge in [-0.2, -0.15) is 5.26 Å². The van der Waals surface area contributed by atoms with Crippen molar-refractivity contribution >= 4 is 40.6 Å². The van der Waals surface area contributed by atoms with Crippen LogP contribution in [0.5, 0.6) is 11.5 Å². The number of ether oxygens (including phenoxy) is 2. The molecule has 3 amide bonds. The molecular formula is C20H18IN3O4. The lowest BCUT2D eigenvalue weighted by Crippen LogP contribution is -2.35. The fraction of sp³-hybridized carbons (Fsp3) is 0.150. The molecule has 0 heterocycles. The number of hydrogen-bond donors (Lipinski definition) is 2. The Balaban J connectivity index is 2.22. The number of rotatable bonds is 7. The van der Waals surface area contributed by atoms with Gasteiger partial charge in [-0.1, -0.05) is 18.2 Å². The van der Waals surface area contributed by atoms with Crippen LogP contribution in [0, 0.1) is 14.9 Å². The van der Waals surface area contributed by atoms with E-state index < -0.39 is 11.9 Å². The highest BCUT2D eigenvalue weighted by atomic mass is 127. The smallest absolute Gasteiger partial charge is 0.319 e. The van der Waals surface area contributed by atoms with Gasteiger partial charge in [0.1, 0.15) is 18.2 Å². The Hall–Kier alpha value is -3.06. The fourth-order valence-corrected chi connectivity index (χ4v) is 2.60. The Bertz CT molecular complexity index is 933. The lowest BCUT2D eigenvalue weighted by atomic mass is 10.1. The van der Waals surface area contributed by atoms with Gasteiger partial charge in [0.15, 0.2) is 11.5 Å². The average molecular weight is 491 g/mol. The van der Waals surface area contributed by atoms with E-state index in [1.807, 2.05) is 36.5 Å². The lowest BCUT2D eigenvalue weighted by molar-refractivity contribution is -0.115. The molecule has 0 radical (unpaired) electrons. The minimum atomic E-state index is -1.03. The van der Waals surface area contributed by atoms with Crippen molar-refractivity contribution in [1.29, 1.82) is 5.26 Å². The van der Waals surface area contributed by atoms with Crippen LogP contribution in [0.25, 0.3) is 6.08 Å². The summed E-state index contributed by atoms with van der Waals surface area (Å²) in [7, 11) is 0. The van der Waals surface area contributed by atoms with Crippen LogP contribution in [0.3, 0.4) is 0 Å². The van der Waals surface area contributed by atoms with Gasteiger partial charge >= 0.3 is 6.03 Å². The quantitative estimate of drug-likeness (QED) is 0.350. The van der Waals surface area contributed by atoms with Gasteiger partial charge in [0, 0.05) is 3.57 Å². The molecule has 144 valence electrons. The van der Waals surface area contributed by atoms with Gasteiger partial charge in [0.25, 0.3) is 5.91 Å². The van der Waals surface area contributed by atoms with E-state index in [2.05, 4.69) is 22.6 Å². The van der Waals surface area contributed by atoms with Crippen molar-refractivity contribution in [3.63, 3.8) is 0 Å². The number of amides is 3. The molecule has 0 aliphatic rings. The summed E-state index contributed by atoms with van der Waals surface area (Å²) in [6.45, 7) is 2.63. The number of urea groups is 1. The van der Waals surface area contributed by atoms with E-state index >= 15 is 0 Å². The standard InChI is InChI=1S/C20H18IN3O4/c1-2-27-18-10-14(9-15(11-22)19(25)24-20(23)26)5-8-17(18)28-12-13-3-6-16(21)7-4-13/h3-10H,2,12H2,1H3,(H3,23,24,25,26)/b15-9-. The Morgan fingerprint density at radius 2 is 1.89 bits per heavy atom. The summed E-state index contributed by atoms with van der Waals surface area (Å²) < 4.78 is 12.6.